The highest BCUT2D eigenvalue weighted by Crippen LogP contribution is 2.26. The van der Waals surface area contributed by atoms with E-state index in [0.717, 1.165) is 11.1 Å². The molecule has 0 aliphatic rings. The molecule has 1 heterocycles. The van der Waals surface area contributed by atoms with E-state index in [9.17, 15) is 4.79 Å². The average molecular weight is 251 g/mol. The number of para-hydroxylation sites is 1. The van der Waals surface area contributed by atoms with Crippen LogP contribution in [0.15, 0.2) is 57.7 Å². The van der Waals surface area contributed by atoms with Gasteiger partial charge in [0, 0.05) is 0 Å². The summed E-state index contributed by atoms with van der Waals surface area (Å²) in [6.07, 6.45) is 0. The molecule has 3 aromatic rings. The molecule has 94 valence electrons. The minimum absolute atomic E-state index is 0.0926. The van der Waals surface area contributed by atoms with Crippen molar-refractivity contribution in [2.45, 2.75) is 6.92 Å². The molecule has 3 heteroatoms. The molecule has 0 aliphatic carbocycles. The van der Waals surface area contributed by atoms with Gasteiger partial charge in [-0.3, -0.25) is 4.79 Å². The van der Waals surface area contributed by atoms with Gasteiger partial charge in [-0.05, 0) is 24.6 Å². The first-order valence-electron chi connectivity index (χ1n) is 6.05. The maximum absolute atomic E-state index is 12.5. The first kappa shape index (κ1) is 11.5. The number of hydrogen-bond donors (Lipinski definition) is 1. The minimum atomic E-state index is -0.0926. The summed E-state index contributed by atoms with van der Waals surface area (Å²) in [5, 5.41) is 0.549. The van der Waals surface area contributed by atoms with E-state index in [-0.39, 0.29) is 11.3 Å². The van der Waals surface area contributed by atoms with Gasteiger partial charge in [0.2, 0.25) is 11.3 Å². The Morgan fingerprint density at radius 2 is 1.84 bits per heavy atom. The van der Waals surface area contributed by atoms with Crippen LogP contribution in [0.25, 0.3) is 22.1 Å². The molecular formula is C16H13NO2. The molecule has 0 radical (unpaired) electrons. The van der Waals surface area contributed by atoms with Crippen LogP contribution in [-0.4, -0.2) is 0 Å². The molecule has 0 amide bonds. The van der Waals surface area contributed by atoms with Crippen molar-refractivity contribution in [3.8, 4) is 11.1 Å². The van der Waals surface area contributed by atoms with Gasteiger partial charge in [0.25, 0.3) is 0 Å². The topological polar surface area (TPSA) is 56.2 Å². The van der Waals surface area contributed by atoms with Crippen LogP contribution < -0.4 is 11.2 Å². The highest BCUT2D eigenvalue weighted by molar-refractivity contribution is 5.86. The fourth-order valence-electron chi connectivity index (χ4n) is 2.23. The Morgan fingerprint density at radius 3 is 2.63 bits per heavy atom. The van der Waals surface area contributed by atoms with E-state index < -0.39 is 0 Å². The smallest absolute Gasteiger partial charge is 0.202 e. The third-order valence-corrected chi connectivity index (χ3v) is 3.13. The third kappa shape index (κ3) is 1.89. The van der Waals surface area contributed by atoms with Crippen LogP contribution in [-0.2, 0) is 0 Å². The molecule has 0 unspecified atom stereocenters. The number of anilines is 1. The van der Waals surface area contributed by atoms with Gasteiger partial charge < -0.3 is 10.2 Å². The molecule has 1 aromatic heterocycles. The van der Waals surface area contributed by atoms with E-state index in [0.29, 0.717) is 16.5 Å². The van der Waals surface area contributed by atoms with E-state index in [1.54, 1.807) is 12.1 Å². The summed E-state index contributed by atoms with van der Waals surface area (Å²) in [5.74, 6) is 0.161. The monoisotopic (exact) mass is 251 g/mol. The Balaban J connectivity index is 2.39. The first-order chi connectivity index (χ1) is 9.16. The number of benzene rings is 2. The number of nitrogens with two attached hydrogens (primary N) is 1. The Hall–Kier alpha value is -2.55. The van der Waals surface area contributed by atoms with Crippen molar-refractivity contribution in [3.05, 3.63) is 64.3 Å². The number of nitrogen functional groups attached to an aromatic ring is 1. The number of fused-ring (bicyclic) bond motifs is 1. The van der Waals surface area contributed by atoms with Crippen molar-refractivity contribution in [2.24, 2.45) is 0 Å². The zero-order valence-corrected chi connectivity index (χ0v) is 10.5. The van der Waals surface area contributed by atoms with E-state index in [1.807, 2.05) is 43.3 Å². The second-order valence-corrected chi connectivity index (χ2v) is 4.54. The summed E-state index contributed by atoms with van der Waals surface area (Å²) in [6, 6.07) is 14.8. The first-order valence-corrected chi connectivity index (χ1v) is 6.05. The van der Waals surface area contributed by atoms with E-state index in [2.05, 4.69) is 0 Å². The lowest BCUT2D eigenvalue weighted by molar-refractivity contribution is 0.626. The Labute approximate surface area is 110 Å². The number of hydrogen-bond acceptors (Lipinski definition) is 3. The molecular weight excluding hydrogens is 238 g/mol. The van der Waals surface area contributed by atoms with Gasteiger partial charge in [-0.2, -0.15) is 0 Å². The SMILES string of the molecule is Cc1cccc(-c2c(N)oc3ccccc3c2=O)c1. The predicted octanol–water partition coefficient (Wildman–Crippen LogP) is 3.35. The van der Waals surface area contributed by atoms with Crippen LogP contribution in [0.5, 0.6) is 0 Å². The molecule has 0 saturated carbocycles. The Morgan fingerprint density at radius 1 is 1.05 bits per heavy atom. The standard InChI is InChI=1S/C16H13NO2/c1-10-5-4-6-11(9-10)14-15(18)12-7-2-3-8-13(12)19-16(14)17/h2-9H,17H2,1H3. The van der Waals surface area contributed by atoms with Crippen molar-refractivity contribution >= 4 is 16.9 Å². The zero-order chi connectivity index (χ0) is 13.4. The molecule has 0 aliphatic heterocycles. The molecule has 2 N–H and O–H groups in total. The summed E-state index contributed by atoms with van der Waals surface area (Å²) in [5.41, 5.74) is 8.62. The van der Waals surface area contributed by atoms with Gasteiger partial charge in [-0.1, -0.05) is 42.0 Å². The summed E-state index contributed by atoms with van der Waals surface area (Å²) in [7, 11) is 0. The van der Waals surface area contributed by atoms with E-state index >= 15 is 0 Å². The fourth-order valence-corrected chi connectivity index (χ4v) is 2.23. The average Bonchev–Trinajstić information content (AvgIpc) is 2.39. The Bertz CT molecular complexity index is 818. The van der Waals surface area contributed by atoms with Gasteiger partial charge >= 0.3 is 0 Å². The van der Waals surface area contributed by atoms with Crippen LogP contribution in [0, 0.1) is 6.92 Å². The lowest BCUT2D eigenvalue weighted by Crippen LogP contribution is -2.08. The van der Waals surface area contributed by atoms with E-state index in [4.69, 9.17) is 10.2 Å². The maximum atomic E-state index is 12.5. The normalized spacial score (nSPS) is 10.8. The van der Waals surface area contributed by atoms with Gasteiger partial charge in [0.05, 0.1) is 10.9 Å². The largest absolute Gasteiger partial charge is 0.440 e. The van der Waals surface area contributed by atoms with Crippen LogP contribution in [0.1, 0.15) is 5.56 Å². The van der Waals surface area contributed by atoms with Crippen molar-refractivity contribution in [3.63, 3.8) is 0 Å². The van der Waals surface area contributed by atoms with Crippen molar-refractivity contribution in [2.75, 3.05) is 5.73 Å². The highest BCUT2D eigenvalue weighted by atomic mass is 16.3. The maximum Gasteiger partial charge on any atom is 0.202 e. The zero-order valence-electron chi connectivity index (χ0n) is 10.5. The summed E-state index contributed by atoms with van der Waals surface area (Å²) < 4.78 is 5.55. The van der Waals surface area contributed by atoms with Gasteiger partial charge in [-0.25, -0.2) is 0 Å². The molecule has 3 rings (SSSR count). The second-order valence-electron chi connectivity index (χ2n) is 4.54. The van der Waals surface area contributed by atoms with E-state index in [1.165, 1.54) is 0 Å². The molecule has 2 aromatic carbocycles. The molecule has 19 heavy (non-hydrogen) atoms. The van der Waals surface area contributed by atoms with Gasteiger partial charge in [0.1, 0.15) is 5.58 Å². The van der Waals surface area contributed by atoms with Crippen LogP contribution in [0.4, 0.5) is 5.88 Å². The molecule has 0 atom stereocenters. The lowest BCUT2D eigenvalue weighted by atomic mass is 10.0. The van der Waals surface area contributed by atoms with Crippen LogP contribution in [0.2, 0.25) is 0 Å². The molecule has 0 fully saturated rings. The molecule has 0 spiro atoms. The molecule has 3 nitrogen and oxygen atoms in total. The summed E-state index contributed by atoms with van der Waals surface area (Å²) in [4.78, 5) is 12.5. The van der Waals surface area contributed by atoms with Crippen molar-refractivity contribution in [1.29, 1.82) is 0 Å². The predicted molar refractivity (Wildman–Crippen MR) is 77.1 cm³/mol. The quantitative estimate of drug-likeness (QED) is 0.721. The van der Waals surface area contributed by atoms with Crippen molar-refractivity contribution in [1.82, 2.24) is 0 Å². The molecule has 0 bridgehead atoms. The van der Waals surface area contributed by atoms with Gasteiger partial charge in [0.15, 0.2) is 0 Å². The van der Waals surface area contributed by atoms with Crippen molar-refractivity contribution < 1.29 is 4.42 Å². The Kier molecular flexibility index (Phi) is 2.60. The summed E-state index contributed by atoms with van der Waals surface area (Å²) in [6.45, 7) is 1.97. The number of rotatable bonds is 1. The summed E-state index contributed by atoms with van der Waals surface area (Å²) >= 11 is 0. The lowest BCUT2D eigenvalue weighted by Gasteiger charge is -2.07. The fraction of sp³-hybridized carbons (Fsp3) is 0.0625. The van der Waals surface area contributed by atoms with Crippen LogP contribution in [0.3, 0.4) is 0 Å². The second kappa shape index (κ2) is 4.28. The van der Waals surface area contributed by atoms with Crippen LogP contribution >= 0.6 is 0 Å². The highest BCUT2D eigenvalue weighted by Gasteiger charge is 2.13. The third-order valence-electron chi connectivity index (χ3n) is 3.13. The van der Waals surface area contributed by atoms with Gasteiger partial charge in [-0.15, -0.1) is 0 Å². The minimum Gasteiger partial charge on any atom is -0.440 e. The number of aryl methyl sites for hydroxylation is 1. The molecule has 0 saturated heterocycles.